The minimum atomic E-state index is -1.01. The minimum Gasteiger partial charge on any atom is -0.481 e. The number of hydrogen-bond acceptors (Lipinski definition) is 3. The molecule has 116 valence electrons. The highest BCUT2D eigenvalue weighted by atomic mass is 19.1. The lowest BCUT2D eigenvalue weighted by Gasteiger charge is -2.08. The molecule has 0 atom stereocenters. The fourth-order valence-corrected chi connectivity index (χ4v) is 2.06. The highest BCUT2D eigenvalue weighted by Gasteiger charge is 2.12. The van der Waals surface area contributed by atoms with Gasteiger partial charge in [-0.2, -0.15) is 0 Å². The number of nitrogens with zero attached hydrogens (tertiary/aromatic N) is 2. The number of hydrogen-bond donors (Lipinski definition) is 2. The number of halogens is 1. The number of benzene rings is 1. The molecule has 1 aromatic carbocycles. The molecule has 22 heavy (non-hydrogen) atoms. The smallest absolute Gasteiger partial charge is 0.305 e. The Hall–Kier alpha value is -2.70. The molecule has 2 rings (SSSR count). The molecule has 7 heteroatoms. The molecule has 0 aliphatic rings. The number of aryl methyl sites for hydroxylation is 1. The van der Waals surface area contributed by atoms with Crippen LogP contribution in [0, 0.1) is 5.82 Å². The zero-order valence-electron chi connectivity index (χ0n) is 12.0. The molecule has 0 fully saturated rings. The van der Waals surface area contributed by atoms with E-state index in [1.165, 1.54) is 12.1 Å². The van der Waals surface area contributed by atoms with E-state index in [1.807, 2.05) is 11.5 Å². The highest BCUT2D eigenvalue weighted by Crippen LogP contribution is 2.20. The Morgan fingerprint density at radius 1 is 1.36 bits per heavy atom. The number of carbonyl (C=O) groups is 2. The van der Waals surface area contributed by atoms with E-state index in [0.717, 1.165) is 6.07 Å². The van der Waals surface area contributed by atoms with Crippen molar-refractivity contribution >= 4 is 11.9 Å². The standard InChI is InChI=1S/C15H16FN3O3/c1-2-19-6-5-17-14(19)10-7-11(9-12(16)8-10)15(22)18-4-3-13(20)21/h5-9H,2-4H2,1H3,(H,18,22)(H,20,21). The van der Waals surface area contributed by atoms with Crippen LogP contribution in [0.5, 0.6) is 0 Å². The molecular formula is C15H16FN3O3. The number of amides is 1. The summed E-state index contributed by atoms with van der Waals surface area (Å²) in [7, 11) is 0. The molecular weight excluding hydrogens is 289 g/mol. The molecule has 2 aromatic rings. The van der Waals surface area contributed by atoms with Gasteiger partial charge in [0.1, 0.15) is 11.6 Å². The summed E-state index contributed by atoms with van der Waals surface area (Å²) in [4.78, 5) is 26.6. The first-order valence-electron chi connectivity index (χ1n) is 6.83. The second-order valence-corrected chi connectivity index (χ2v) is 4.67. The van der Waals surface area contributed by atoms with Crippen molar-refractivity contribution in [2.75, 3.05) is 6.54 Å². The lowest BCUT2D eigenvalue weighted by molar-refractivity contribution is -0.136. The third kappa shape index (κ3) is 3.69. The molecule has 0 aliphatic heterocycles. The molecule has 0 aliphatic carbocycles. The van der Waals surface area contributed by atoms with Gasteiger partial charge in [-0.3, -0.25) is 9.59 Å². The molecule has 0 unspecified atom stereocenters. The van der Waals surface area contributed by atoms with Crippen LogP contribution in [-0.2, 0) is 11.3 Å². The predicted molar refractivity (Wildman–Crippen MR) is 77.9 cm³/mol. The van der Waals surface area contributed by atoms with Gasteiger partial charge in [0, 0.05) is 36.6 Å². The second-order valence-electron chi connectivity index (χ2n) is 4.67. The van der Waals surface area contributed by atoms with Crippen molar-refractivity contribution in [1.29, 1.82) is 0 Å². The van der Waals surface area contributed by atoms with Gasteiger partial charge in [0.15, 0.2) is 0 Å². The van der Waals surface area contributed by atoms with Crippen LogP contribution >= 0.6 is 0 Å². The summed E-state index contributed by atoms with van der Waals surface area (Å²) in [6, 6.07) is 3.95. The van der Waals surface area contributed by atoms with E-state index in [1.54, 1.807) is 12.4 Å². The normalized spacial score (nSPS) is 10.5. The molecule has 0 spiro atoms. The maximum Gasteiger partial charge on any atom is 0.305 e. The van der Waals surface area contributed by atoms with E-state index in [4.69, 9.17) is 5.11 Å². The summed E-state index contributed by atoms with van der Waals surface area (Å²) in [5.41, 5.74) is 0.626. The third-order valence-corrected chi connectivity index (χ3v) is 3.10. The maximum absolute atomic E-state index is 13.8. The van der Waals surface area contributed by atoms with Crippen LogP contribution < -0.4 is 5.32 Å². The zero-order valence-corrected chi connectivity index (χ0v) is 12.0. The Morgan fingerprint density at radius 2 is 2.14 bits per heavy atom. The molecule has 0 saturated carbocycles. The lowest BCUT2D eigenvalue weighted by Crippen LogP contribution is -2.26. The number of carbonyl (C=O) groups excluding carboxylic acids is 1. The van der Waals surface area contributed by atoms with Crippen molar-refractivity contribution in [3.05, 3.63) is 42.0 Å². The summed E-state index contributed by atoms with van der Waals surface area (Å²) < 4.78 is 15.6. The average Bonchev–Trinajstić information content (AvgIpc) is 2.94. The van der Waals surface area contributed by atoms with Crippen molar-refractivity contribution < 1.29 is 19.1 Å². The second kappa shape index (κ2) is 6.84. The minimum absolute atomic E-state index is 0.0103. The van der Waals surface area contributed by atoms with Gasteiger partial charge < -0.3 is 15.0 Å². The molecule has 6 nitrogen and oxygen atoms in total. The Bertz CT molecular complexity index is 697. The fraction of sp³-hybridized carbons (Fsp3) is 0.267. The number of nitrogens with one attached hydrogen (secondary N) is 1. The quantitative estimate of drug-likeness (QED) is 0.854. The van der Waals surface area contributed by atoms with Gasteiger partial charge in [-0.1, -0.05) is 0 Å². The third-order valence-electron chi connectivity index (χ3n) is 3.10. The zero-order chi connectivity index (χ0) is 16.1. The van der Waals surface area contributed by atoms with Crippen LogP contribution in [-0.4, -0.2) is 33.1 Å². The Labute approximate surface area is 126 Å². The Balaban J connectivity index is 2.23. The van der Waals surface area contributed by atoms with Crippen LogP contribution in [0.25, 0.3) is 11.4 Å². The van der Waals surface area contributed by atoms with Gasteiger partial charge in [0.25, 0.3) is 5.91 Å². The van der Waals surface area contributed by atoms with Crippen LogP contribution in [0.2, 0.25) is 0 Å². The van der Waals surface area contributed by atoms with E-state index in [-0.39, 0.29) is 18.5 Å². The molecule has 0 bridgehead atoms. The Morgan fingerprint density at radius 3 is 2.82 bits per heavy atom. The van der Waals surface area contributed by atoms with Crippen molar-refractivity contribution in [3.63, 3.8) is 0 Å². The van der Waals surface area contributed by atoms with Gasteiger partial charge in [-0.05, 0) is 25.1 Å². The van der Waals surface area contributed by atoms with Gasteiger partial charge >= 0.3 is 5.97 Å². The summed E-state index contributed by atoms with van der Waals surface area (Å²) in [5, 5.41) is 11.0. The lowest BCUT2D eigenvalue weighted by atomic mass is 10.1. The van der Waals surface area contributed by atoms with Crippen LogP contribution in [0.1, 0.15) is 23.7 Å². The van der Waals surface area contributed by atoms with Crippen molar-refractivity contribution in [2.24, 2.45) is 0 Å². The number of aromatic nitrogens is 2. The van der Waals surface area contributed by atoms with Gasteiger partial charge in [-0.25, -0.2) is 9.37 Å². The topological polar surface area (TPSA) is 84.2 Å². The van der Waals surface area contributed by atoms with Gasteiger partial charge in [-0.15, -0.1) is 0 Å². The number of aliphatic carboxylic acids is 1. The van der Waals surface area contributed by atoms with Crippen LogP contribution in [0.3, 0.4) is 0 Å². The Kier molecular flexibility index (Phi) is 4.88. The first-order chi connectivity index (χ1) is 10.5. The average molecular weight is 305 g/mol. The van der Waals surface area contributed by atoms with Crippen molar-refractivity contribution in [3.8, 4) is 11.4 Å². The summed E-state index contributed by atoms with van der Waals surface area (Å²) in [6.07, 6.45) is 3.19. The number of rotatable bonds is 6. The molecule has 0 saturated heterocycles. The molecule has 1 heterocycles. The van der Waals surface area contributed by atoms with E-state index in [0.29, 0.717) is 17.9 Å². The van der Waals surface area contributed by atoms with Crippen molar-refractivity contribution in [1.82, 2.24) is 14.9 Å². The SMILES string of the molecule is CCn1ccnc1-c1cc(F)cc(C(=O)NCCC(=O)O)c1. The largest absolute Gasteiger partial charge is 0.481 e. The molecule has 0 radical (unpaired) electrons. The van der Waals surface area contributed by atoms with Crippen molar-refractivity contribution in [2.45, 2.75) is 19.9 Å². The highest BCUT2D eigenvalue weighted by molar-refractivity contribution is 5.95. The summed E-state index contributed by atoms with van der Waals surface area (Å²) in [5.74, 6) is -1.50. The summed E-state index contributed by atoms with van der Waals surface area (Å²) >= 11 is 0. The first kappa shape index (κ1) is 15.7. The monoisotopic (exact) mass is 305 g/mol. The number of imidazole rings is 1. The molecule has 1 aromatic heterocycles. The summed E-state index contributed by atoms with van der Waals surface area (Å²) in [6.45, 7) is 2.60. The van der Waals surface area contributed by atoms with E-state index in [9.17, 15) is 14.0 Å². The number of carboxylic acid groups (broad SMARTS) is 1. The van der Waals surface area contributed by atoms with E-state index in [2.05, 4.69) is 10.3 Å². The molecule has 2 N–H and O–H groups in total. The van der Waals surface area contributed by atoms with Crippen LogP contribution in [0.15, 0.2) is 30.6 Å². The fourth-order valence-electron chi connectivity index (χ4n) is 2.06. The predicted octanol–water partition coefficient (Wildman–Crippen LogP) is 1.91. The van der Waals surface area contributed by atoms with E-state index < -0.39 is 17.7 Å². The van der Waals surface area contributed by atoms with Gasteiger partial charge in [0.05, 0.1) is 6.42 Å². The van der Waals surface area contributed by atoms with Crippen LogP contribution in [0.4, 0.5) is 4.39 Å². The first-order valence-corrected chi connectivity index (χ1v) is 6.83. The van der Waals surface area contributed by atoms with Gasteiger partial charge in [0.2, 0.25) is 0 Å². The maximum atomic E-state index is 13.8. The number of carboxylic acids is 1. The van der Waals surface area contributed by atoms with E-state index >= 15 is 0 Å². The molecule has 1 amide bonds.